The van der Waals surface area contributed by atoms with Crippen LogP contribution < -0.4 is 20.9 Å². The van der Waals surface area contributed by atoms with Gasteiger partial charge in [0.1, 0.15) is 11.4 Å². The van der Waals surface area contributed by atoms with E-state index in [4.69, 9.17) is 9.47 Å². The molecule has 1 aromatic carbocycles. The van der Waals surface area contributed by atoms with Gasteiger partial charge in [0.2, 0.25) is 5.88 Å². The number of hydrogen-bond donors (Lipinski definition) is 2. The van der Waals surface area contributed by atoms with E-state index in [9.17, 15) is 28.4 Å². The Morgan fingerprint density at radius 2 is 1.98 bits per heavy atom. The zero-order valence-corrected chi connectivity index (χ0v) is 25.2. The summed E-state index contributed by atoms with van der Waals surface area (Å²) >= 11 is 0. The molecule has 0 aliphatic carbocycles. The number of aromatic nitrogens is 2. The maximum atomic E-state index is 13.6. The predicted molar refractivity (Wildman–Crippen MR) is 161 cm³/mol. The Labute approximate surface area is 258 Å². The van der Waals surface area contributed by atoms with Gasteiger partial charge in [-0.05, 0) is 67.6 Å². The molecule has 45 heavy (non-hydrogen) atoms. The molecule has 2 aliphatic heterocycles. The van der Waals surface area contributed by atoms with Crippen LogP contribution in [0.5, 0.6) is 5.88 Å². The second-order valence-electron chi connectivity index (χ2n) is 11.5. The number of pyridine rings is 2. The number of alkyl halides is 2. The van der Waals surface area contributed by atoms with Crippen LogP contribution in [0.25, 0.3) is 11.1 Å². The first-order valence-corrected chi connectivity index (χ1v) is 14.7. The third-order valence-corrected chi connectivity index (χ3v) is 7.43. The average molecular weight is 621 g/mol. The van der Waals surface area contributed by atoms with Gasteiger partial charge in [0.15, 0.2) is 0 Å². The molecule has 0 spiro atoms. The quantitative estimate of drug-likeness (QED) is 0.350. The van der Waals surface area contributed by atoms with Crippen molar-refractivity contribution in [2.75, 3.05) is 31.6 Å². The Balaban J connectivity index is 1.44. The third kappa shape index (κ3) is 7.53. The minimum Gasteiger partial charge on any atom is -0.475 e. The number of carbonyl (C=O) groups excluding carboxylic acids is 2. The highest BCUT2D eigenvalue weighted by Gasteiger charge is 2.46. The molecular weight excluding hydrogens is 586 g/mol. The molecule has 3 aromatic rings. The molecule has 5 rings (SSSR count). The average Bonchev–Trinajstić information content (AvgIpc) is 3.50. The van der Waals surface area contributed by atoms with Crippen LogP contribution in [-0.4, -0.2) is 70.6 Å². The van der Waals surface area contributed by atoms with Crippen LogP contribution in [0.3, 0.4) is 0 Å². The van der Waals surface area contributed by atoms with E-state index in [1.165, 1.54) is 34.9 Å². The van der Waals surface area contributed by atoms with Crippen molar-refractivity contribution in [3.05, 3.63) is 75.2 Å². The normalized spacial score (nSPS) is 17.1. The van der Waals surface area contributed by atoms with Crippen molar-refractivity contribution < 1.29 is 27.8 Å². The number of anilines is 1. The van der Waals surface area contributed by atoms with Gasteiger partial charge in [-0.3, -0.25) is 14.4 Å². The topological polar surface area (TPSA) is 139 Å². The highest BCUT2D eigenvalue weighted by molar-refractivity contribution is 6.05. The number of nitrogens with one attached hydrogen (secondary N) is 2. The van der Waals surface area contributed by atoms with Crippen molar-refractivity contribution >= 4 is 17.6 Å². The summed E-state index contributed by atoms with van der Waals surface area (Å²) in [5, 5.41) is 15.4. The van der Waals surface area contributed by atoms with Gasteiger partial charge in [-0.25, -0.2) is 8.78 Å². The monoisotopic (exact) mass is 620 g/mol. The molecule has 0 saturated carbocycles. The zero-order valence-electron chi connectivity index (χ0n) is 25.2. The van der Waals surface area contributed by atoms with Crippen molar-refractivity contribution in [3.8, 4) is 23.1 Å². The minimum atomic E-state index is -2.97. The van der Waals surface area contributed by atoms with E-state index in [0.717, 1.165) is 29.9 Å². The van der Waals surface area contributed by atoms with Crippen LogP contribution in [0, 0.1) is 11.3 Å². The van der Waals surface area contributed by atoms with Crippen LogP contribution in [0.4, 0.5) is 14.6 Å². The van der Waals surface area contributed by atoms with Crippen molar-refractivity contribution in [1.29, 1.82) is 5.26 Å². The summed E-state index contributed by atoms with van der Waals surface area (Å²) < 4.78 is 39.9. The van der Waals surface area contributed by atoms with Gasteiger partial charge in [-0.2, -0.15) is 10.2 Å². The molecule has 2 fully saturated rings. The van der Waals surface area contributed by atoms with E-state index in [1.807, 2.05) is 6.07 Å². The van der Waals surface area contributed by atoms with Crippen molar-refractivity contribution in [3.63, 3.8) is 0 Å². The highest BCUT2D eigenvalue weighted by atomic mass is 19.3. The van der Waals surface area contributed by atoms with E-state index in [1.54, 1.807) is 33.2 Å². The maximum Gasteiger partial charge on any atom is 0.282 e. The molecule has 13 heteroatoms. The number of likely N-dealkylation sites (tertiary alicyclic amines) is 1. The molecule has 2 amide bonds. The number of nitriles is 1. The van der Waals surface area contributed by atoms with E-state index < -0.39 is 36.4 Å². The summed E-state index contributed by atoms with van der Waals surface area (Å²) in [4.78, 5) is 45.1. The van der Waals surface area contributed by atoms with Crippen LogP contribution in [0.15, 0.2) is 47.4 Å². The second-order valence-corrected chi connectivity index (χ2v) is 11.5. The van der Waals surface area contributed by atoms with Gasteiger partial charge in [0.25, 0.3) is 23.3 Å². The van der Waals surface area contributed by atoms with Gasteiger partial charge >= 0.3 is 0 Å². The first-order chi connectivity index (χ1) is 21.4. The predicted octanol–water partition coefficient (Wildman–Crippen LogP) is 3.72. The Bertz CT molecular complexity index is 1700. The first kappa shape index (κ1) is 31.7. The fraction of sp³-hybridized carbons (Fsp3) is 0.406. The fourth-order valence-corrected chi connectivity index (χ4v) is 5.30. The number of aryl methyl sites for hydroxylation is 1. The molecule has 2 N–H and O–H groups in total. The van der Waals surface area contributed by atoms with Crippen molar-refractivity contribution in [1.82, 2.24) is 19.8 Å². The Morgan fingerprint density at radius 3 is 2.64 bits per heavy atom. The molecule has 2 aromatic heterocycles. The molecule has 0 unspecified atom stereocenters. The first-order valence-electron chi connectivity index (χ1n) is 14.7. The van der Waals surface area contributed by atoms with E-state index in [0.29, 0.717) is 24.2 Å². The van der Waals surface area contributed by atoms with Gasteiger partial charge in [0, 0.05) is 44.6 Å². The minimum absolute atomic E-state index is 0.0374. The Morgan fingerprint density at radius 1 is 1.20 bits per heavy atom. The Kier molecular flexibility index (Phi) is 9.27. The van der Waals surface area contributed by atoms with Gasteiger partial charge in [-0.15, -0.1) is 0 Å². The molecule has 2 aliphatic rings. The standard InChI is InChI=1S/C32H34F2N6O5/c1-19(2)45-28-12-22(24-7-6-20(13-35)9-25(24)31(43)40-17-32(33,34)18-40)11-27(37-28)38-29(41)26-10-21(16-39(3)30(26)42)14-36-15-23-5-4-8-44-23/h6-7,9-12,16,19,23,36H,4-5,8,14-15,17-18H2,1-3H3,(H,37,38,41)/t23-/m0/s1. The lowest BCUT2D eigenvalue weighted by Crippen LogP contribution is -2.58. The van der Waals surface area contributed by atoms with Crippen LogP contribution in [0.2, 0.25) is 0 Å². The van der Waals surface area contributed by atoms with Gasteiger partial charge in [0.05, 0.1) is 36.9 Å². The summed E-state index contributed by atoms with van der Waals surface area (Å²) in [5.74, 6) is -4.17. The SMILES string of the molecule is CC(C)Oc1cc(-c2ccc(C#N)cc2C(=O)N2CC(F)(F)C2)cc(NC(=O)c2cc(CNC[C@@H]3CCCO3)cn(C)c2=O)n1. The number of nitrogens with zero attached hydrogens (tertiary/aromatic N) is 4. The van der Waals surface area contributed by atoms with Gasteiger partial charge in [-0.1, -0.05) is 6.07 Å². The van der Waals surface area contributed by atoms with Crippen LogP contribution in [0.1, 0.15) is 58.5 Å². The van der Waals surface area contributed by atoms with Crippen molar-refractivity contribution in [2.45, 2.75) is 51.4 Å². The van der Waals surface area contributed by atoms with E-state index >= 15 is 0 Å². The van der Waals surface area contributed by atoms with Crippen molar-refractivity contribution in [2.24, 2.45) is 7.05 Å². The van der Waals surface area contributed by atoms with E-state index in [2.05, 4.69) is 15.6 Å². The Hall–Kier alpha value is -4.67. The fourth-order valence-electron chi connectivity index (χ4n) is 5.30. The summed E-state index contributed by atoms with van der Waals surface area (Å²) in [6, 6.07) is 10.9. The largest absolute Gasteiger partial charge is 0.475 e. The molecule has 0 bridgehead atoms. The number of rotatable bonds is 10. The molecule has 1 atom stereocenters. The zero-order chi connectivity index (χ0) is 32.3. The molecule has 4 heterocycles. The number of hydrogen-bond acceptors (Lipinski definition) is 8. The second kappa shape index (κ2) is 13.1. The maximum absolute atomic E-state index is 13.6. The number of carbonyl (C=O) groups is 2. The van der Waals surface area contributed by atoms with E-state index in [-0.39, 0.29) is 40.6 Å². The molecule has 2 saturated heterocycles. The number of benzene rings is 1. The molecule has 11 nitrogen and oxygen atoms in total. The van der Waals surface area contributed by atoms with Crippen LogP contribution >= 0.6 is 0 Å². The number of amides is 2. The molecule has 0 radical (unpaired) electrons. The highest BCUT2D eigenvalue weighted by Crippen LogP contribution is 2.34. The lowest BCUT2D eigenvalue weighted by molar-refractivity contribution is -0.113. The lowest BCUT2D eigenvalue weighted by Gasteiger charge is -2.39. The number of ether oxygens (including phenoxy) is 2. The summed E-state index contributed by atoms with van der Waals surface area (Å²) in [7, 11) is 1.56. The molecular formula is C32H34F2N6O5. The smallest absolute Gasteiger partial charge is 0.282 e. The van der Waals surface area contributed by atoms with Crippen LogP contribution in [-0.2, 0) is 18.3 Å². The third-order valence-electron chi connectivity index (χ3n) is 7.43. The molecule has 236 valence electrons. The number of halogens is 2. The summed E-state index contributed by atoms with van der Waals surface area (Å²) in [5.41, 5.74) is 1.06. The van der Waals surface area contributed by atoms with Gasteiger partial charge < -0.3 is 29.6 Å². The lowest BCUT2D eigenvalue weighted by atomic mass is 9.96. The summed E-state index contributed by atoms with van der Waals surface area (Å²) in [6.07, 6.45) is 3.50. The summed E-state index contributed by atoms with van der Waals surface area (Å²) in [6.45, 7) is 3.95.